The Kier molecular flexibility index (Phi) is 6.70. The standard InChI is InChI=1S/C25H21ClN2O6/c1-4-33-25(30)15-7-5-14(6-8-15)20-10-9-16(34-20)11-18(26)23-27-19-13-22(32-3)21(31-2)12-17(19)24(29)28-23/h5-13H,4H2,1-3H3,(H,27,28,29)/b18-11-. The Bertz CT molecular complexity index is 1440. The Labute approximate surface area is 199 Å². The molecule has 1 N–H and O–H groups in total. The summed E-state index contributed by atoms with van der Waals surface area (Å²) in [5, 5.41) is 0.532. The first-order chi connectivity index (χ1) is 16.4. The molecule has 4 rings (SSSR count). The number of nitrogens with one attached hydrogen (secondary N) is 1. The molecule has 34 heavy (non-hydrogen) atoms. The van der Waals surface area contributed by atoms with Gasteiger partial charge in [-0.05, 0) is 37.3 Å². The van der Waals surface area contributed by atoms with Crippen molar-refractivity contribution in [3.8, 4) is 22.8 Å². The van der Waals surface area contributed by atoms with Gasteiger partial charge in [-0.1, -0.05) is 23.7 Å². The number of aromatic amines is 1. The summed E-state index contributed by atoms with van der Waals surface area (Å²) < 4.78 is 21.4. The number of benzene rings is 2. The van der Waals surface area contributed by atoms with Crippen LogP contribution >= 0.6 is 11.6 Å². The van der Waals surface area contributed by atoms with Crippen LogP contribution in [0.25, 0.3) is 33.3 Å². The van der Waals surface area contributed by atoms with Gasteiger partial charge in [0.05, 0.1) is 42.3 Å². The fourth-order valence-electron chi connectivity index (χ4n) is 3.34. The molecule has 2 aromatic heterocycles. The summed E-state index contributed by atoms with van der Waals surface area (Å²) in [6.07, 6.45) is 1.56. The fraction of sp³-hybridized carbons (Fsp3) is 0.160. The predicted octanol–water partition coefficient (Wildman–Crippen LogP) is 5.11. The maximum absolute atomic E-state index is 12.6. The van der Waals surface area contributed by atoms with Gasteiger partial charge < -0.3 is 23.6 Å². The Morgan fingerprint density at radius 2 is 1.79 bits per heavy atom. The molecular formula is C25H21ClN2O6. The molecule has 9 heteroatoms. The number of methoxy groups -OCH3 is 2. The number of nitrogens with zero attached hydrogens (tertiary/aromatic N) is 1. The highest BCUT2D eigenvalue weighted by Gasteiger charge is 2.13. The van der Waals surface area contributed by atoms with Gasteiger partial charge in [-0.25, -0.2) is 9.78 Å². The summed E-state index contributed by atoms with van der Waals surface area (Å²) in [7, 11) is 3.00. The molecule has 0 aliphatic rings. The topological polar surface area (TPSA) is 104 Å². The second-order valence-electron chi connectivity index (χ2n) is 7.13. The average molecular weight is 481 g/mol. The number of rotatable bonds is 7. The fourth-order valence-corrected chi connectivity index (χ4v) is 3.54. The van der Waals surface area contributed by atoms with Crippen molar-refractivity contribution in [1.29, 1.82) is 0 Å². The first-order valence-corrected chi connectivity index (χ1v) is 10.7. The molecule has 0 aliphatic carbocycles. The van der Waals surface area contributed by atoms with Crippen molar-refractivity contribution in [2.45, 2.75) is 6.92 Å². The zero-order valence-electron chi connectivity index (χ0n) is 18.7. The van der Waals surface area contributed by atoms with Crippen LogP contribution in [0.3, 0.4) is 0 Å². The maximum atomic E-state index is 12.6. The van der Waals surface area contributed by atoms with Crippen LogP contribution in [-0.2, 0) is 4.74 Å². The lowest BCUT2D eigenvalue weighted by atomic mass is 10.1. The van der Waals surface area contributed by atoms with Crippen molar-refractivity contribution in [3.63, 3.8) is 0 Å². The number of ether oxygens (including phenoxy) is 3. The normalized spacial score (nSPS) is 11.5. The third-order valence-electron chi connectivity index (χ3n) is 5.01. The van der Waals surface area contributed by atoms with Gasteiger partial charge in [-0.15, -0.1) is 0 Å². The smallest absolute Gasteiger partial charge is 0.338 e. The summed E-state index contributed by atoms with van der Waals surface area (Å²) in [5.41, 5.74) is 1.28. The van der Waals surface area contributed by atoms with Crippen LogP contribution in [0.2, 0.25) is 0 Å². The Morgan fingerprint density at radius 1 is 1.09 bits per heavy atom. The highest BCUT2D eigenvalue weighted by Crippen LogP contribution is 2.31. The molecule has 174 valence electrons. The van der Waals surface area contributed by atoms with Crippen LogP contribution in [0.1, 0.15) is 28.9 Å². The summed E-state index contributed by atoms with van der Waals surface area (Å²) in [4.78, 5) is 31.5. The first-order valence-electron chi connectivity index (χ1n) is 10.3. The molecule has 0 aliphatic heterocycles. The van der Waals surface area contributed by atoms with Gasteiger partial charge in [0.2, 0.25) is 0 Å². The van der Waals surface area contributed by atoms with E-state index in [1.54, 1.807) is 61.5 Å². The number of aromatic nitrogens is 2. The predicted molar refractivity (Wildman–Crippen MR) is 129 cm³/mol. The summed E-state index contributed by atoms with van der Waals surface area (Å²) in [6.45, 7) is 2.07. The van der Waals surface area contributed by atoms with E-state index in [-0.39, 0.29) is 22.4 Å². The van der Waals surface area contributed by atoms with E-state index in [9.17, 15) is 9.59 Å². The van der Waals surface area contributed by atoms with Crippen LogP contribution in [0.4, 0.5) is 0 Å². The van der Waals surface area contributed by atoms with Crippen LogP contribution in [0.15, 0.2) is 57.7 Å². The molecule has 0 spiro atoms. The molecule has 0 amide bonds. The van der Waals surface area contributed by atoms with E-state index in [4.69, 9.17) is 30.2 Å². The monoisotopic (exact) mass is 480 g/mol. The summed E-state index contributed by atoms with van der Waals surface area (Å²) in [5.74, 6) is 1.73. The van der Waals surface area contributed by atoms with Crippen LogP contribution in [0, 0.1) is 0 Å². The van der Waals surface area contributed by atoms with Crippen LogP contribution in [0.5, 0.6) is 11.5 Å². The second-order valence-corrected chi connectivity index (χ2v) is 7.54. The van der Waals surface area contributed by atoms with Crippen molar-refractivity contribution in [1.82, 2.24) is 9.97 Å². The number of carbonyl (C=O) groups excluding carboxylic acids is 1. The number of fused-ring (bicyclic) bond motifs is 1. The maximum Gasteiger partial charge on any atom is 0.338 e. The number of furan rings is 1. The van der Waals surface area contributed by atoms with E-state index < -0.39 is 0 Å². The third kappa shape index (κ3) is 4.67. The molecule has 0 atom stereocenters. The Morgan fingerprint density at radius 3 is 2.47 bits per heavy atom. The average Bonchev–Trinajstić information content (AvgIpc) is 3.31. The van der Waals surface area contributed by atoms with E-state index in [0.717, 1.165) is 5.56 Å². The highest BCUT2D eigenvalue weighted by atomic mass is 35.5. The Balaban J connectivity index is 1.62. The van der Waals surface area contributed by atoms with Crippen molar-refractivity contribution in [2.24, 2.45) is 0 Å². The second kappa shape index (κ2) is 9.84. The third-order valence-corrected chi connectivity index (χ3v) is 5.30. The van der Waals surface area contributed by atoms with Gasteiger partial charge in [0.1, 0.15) is 11.5 Å². The quantitative estimate of drug-likeness (QED) is 0.366. The van der Waals surface area contributed by atoms with E-state index in [2.05, 4.69) is 9.97 Å². The van der Waals surface area contributed by atoms with E-state index >= 15 is 0 Å². The minimum atomic E-state index is -0.378. The van der Waals surface area contributed by atoms with Gasteiger partial charge in [0.15, 0.2) is 17.3 Å². The number of halogens is 1. The minimum Gasteiger partial charge on any atom is -0.493 e. The first kappa shape index (κ1) is 23.1. The minimum absolute atomic E-state index is 0.183. The van der Waals surface area contributed by atoms with Crippen molar-refractivity contribution in [2.75, 3.05) is 20.8 Å². The summed E-state index contributed by atoms with van der Waals surface area (Å²) in [6, 6.07) is 13.6. The Hall–Kier alpha value is -4.04. The number of hydrogen-bond acceptors (Lipinski definition) is 7. The molecular weight excluding hydrogens is 460 g/mol. The van der Waals surface area contributed by atoms with Crippen molar-refractivity contribution >= 4 is 39.6 Å². The zero-order chi connectivity index (χ0) is 24.2. The molecule has 0 bridgehead atoms. The molecule has 0 saturated heterocycles. The lowest BCUT2D eigenvalue weighted by Gasteiger charge is -2.09. The van der Waals surface area contributed by atoms with Crippen molar-refractivity contribution < 1.29 is 23.4 Å². The van der Waals surface area contributed by atoms with Crippen LogP contribution in [-0.4, -0.2) is 36.8 Å². The number of esters is 1. The molecule has 4 aromatic rings. The van der Waals surface area contributed by atoms with Gasteiger partial charge in [0, 0.05) is 17.7 Å². The molecule has 2 aromatic carbocycles. The molecule has 0 fully saturated rings. The molecule has 0 saturated carbocycles. The van der Waals surface area contributed by atoms with Gasteiger partial charge >= 0.3 is 5.97 Å². The molecule has 0 radical (unpaired) electrons. The number of carbonyl (C=O) groups is 1. The largest absolute Gasteiger partial charge is 0.493 e. The SMILES string of the molecule is CCOC(=O)c1ccc(-c2ccc(/C=C(\Cl)c3nc4cc(OC)c(OC)cc4c(=O)[nH]3)o2)cc1. The van der Waals surface area contributed by atoms with Gasteiger partial charge in [0.25, 0.3) is 5.56 Å². The van der Waals surface area contributed by atoms with E-state index in [1.807, 2.05) is 0 Å². The van der Waals surface area contributed by atoms with E-state index in [1.165, 1.54) is 14.2 Å². The number of hydrogen-bond donors (Lipinski definition) is 1. The summed E-state index contributed by atoms with van der Waals surface area (Å²) >= 11 is 6.45. The van der Waals surface area contributed by atoms with Gasteiger partial charge in [-0.3, -0.25) is 4.79 Å². The highest BCUT2D eigenvalue weighted by molar-refractivity contribution is 6.50. The lowest BCUT2D eigenvalue weighted by molar-refractivity contribution is 0.0526. The zero-order valence-corrected chi connectivity index (χ0v) is 19.4. The number of H-pyrrole nitrogens is 1. The van der Waals surface area contributed by atoms with Crippen molar-refractivity contribution in [3.05, 3.63) is 76.0 Å². The molecule has 8 nitrogen and oxygen atoms in total. The lowest BCUT2D eigenvalue weighted by Crippen LogP contribution is -2.11. The van der Waals surface area contributed by atoms with E-state index in [0.29, 0.717) is 46.1 Å². The van der Waals surface area contributed by atoms with Crippen LogP contribution < -0.4 is 15.0 Å². The molecule has 0 unspecified atom stereocenters. The van der Waals surface area contributed by atoms with Gasteiger partial charge in [-0.2, -0.15) is 0 Å². The molecule has 2 heterocycles.